The summed E-state index contributed by atoms with van der Waals surface area (Å²) in [5.41, 5.74) is 1.20. The first-order valence-corrected chi connectivity index (χ1v) is 6.26. The zero-order chi connectivity index (χ0) is 13.0. The van der Waals surface area contributed by atoms with Crippen LogP contribution >= 0.6 is 11.3 Å². The molecule has 4 nitrogen and oxygen atoms in total. The van der Waals surface area contributed by atoms with Crippen LogP contribution in [0.1, 0.15) is 17.3 Å². The van der Waals surface area contributed by atoms with E-state index in [9.17, 15) is 9.59 Å². The third kappa shape index (κ3) is 2.95. The van der Waals surface area contributed by atoms with Crippen LogP contribution < -0.4 is 10.6 Å². The van der Waals surface area contributed by atoms with E-state index < -0.39 is 0 Å². The Bertz CT molecular complexity index is 563. The van der Waals surface area contributed by atoms with Crippen LogP contribution in [0.15, 0.2) is 41.8 Å². The van der Waals surface area contributed by atoms with Gasteiger partial charge in [0.05, 0.1) is 5.56 Å². The topological polar surface area (TPSA) is 58.2 Å². The second-order valence-electron chi connectivity index (χ2n) is 3.66. The quantitative estimate of drug-likeness (QED) is 0.891. The van der Waals surface area contributed by atoms with Crippen LogP contribution in [0.4, 0.5) is 10.7 Å². The van der Waals surface area contributed by atoms with Crippen molar-refractivity contribution in [3.8, 4) is 0 Å². The highest BCUT2D eigenvalue weighted by atomic mass is 32.1. The van der Waals surface area contributed by atoms with Crippen molar-refractivity contribution in [2.24, 2.45) is 0 Å². The van der Waals surface area contributed by atoms with Gasteiger partial charge in [-0.05, 0) is 23.6 Å². The molecule has 0 fully saturated rings. The number of benzene rings is 1. The van der Waals surface area contributed by atoms with Crippen molar-refractivity contribution in [1.82, 2.24) is 0 Å². The third-order valence-corrected chi connectivity index (χ3v) is 3.06. The first-order chi connectivity index (χ1) is 8.66. The van der Waals surface area contributed by atoms with Gasteiger partial charge in [-0.1, -0.05) is 18.2 Å². The van der Waals surface area contributed by atoms with Gasteiger partial charge in [-0.2, -0.15) is 0 Å². The van der Waals surface area contributed by atoms with Crippen molar-refractivity contribution in [1.29, 1.82) is 0 Å². The first-order valence-electron chi connectivity index (χ1n) is 5.38. The molecule has 2 aromatic rings. The summed E-state index contributed by atoms with van der Waals surface area (Å²) in [7, 11) is 0. The van der Waals surface area contributed by atoms with Gasteiger partial charge in [0.15, 0.2) is 0 Å². The van der Waals surface area contributed by atoms with E-state index in [-0.39, 0.29) is 11.8 Å². The van der Waals surface area contributed by atoms with E-state index in [1.165, 1.54) is 18.3 Å². The summed E-state index contributed by atoms with van der Waals surface area (Å²) in [5.74, 6) is -0.419. The largest absolute Gasteiger partial charge is 0.322 e. The standard InChI is InChI=1S/C13H12N2O2S/c1-9(16)14-13-11(7-8-18-13)12(17)15-10-5-3-2-4-6-10/h2-8H,1H3,(H,14,16)(H,15,17). The molecule has 2 N–H and O–H groups in total. The smallest absolute Gasteiger partial charge is 0.258 e. The number of nitrogens with one attached hydrogen (secondary N) is 2. The van der Waals surface area contributed by atoms with Crippen LogP contribution in [0.2, 0.25) is 0 Å². The van der Waals surface area contributed by atoms with E-state index >= 15 is 0 Å². The van der Waals surface area contributed by atoms with Crippen LogP contribution in [-0.2, 0) is 4.79 Å². The molecular weight excluding hydrogens is 248 g/mol. The van der Waals surface area contributed by atoms with E-state index in [1.807, 2.05) is 30.3 Å². The lowest BCUT2D eigenvalue weighted by atomic mass is 10.2. The molecule has 18 heavy (non-hydrogen) atoms. The highest BCUT2D eigenvalue weighted by Crippen LogP contribution is 2.24. The maximum Gasteiger partial charge on any atom is 0.258 e. The Hall–Kier alpha value is -2.14. The third-order valence-electron chi connectivity index (χ3n) is 2.23. The Morgan fingerprint density at radius 2 is 1.78 bits per heavy atom. The van der Waals surface area contributed by atoms with Crippen molar-refractivity contribution in [2.45, 2.75) is 6.92 Å². The van der Waals surface area contributed by atoms with Gasteiger partial charge in [0.25, 0.3) is 5.91 Å². The van der Waals surface area contributed by atoms with Crippen molar-refractivity contribution < 1.29 is 9.59 Å². The second-order valence-corrected chi connectivity index (χ2v) is 4.58. The van der Waals surface area contributed by atoms with E-state index in [4.69, 9.17) is 0 Å². The summed E-state index contributed by atoms with van der Waals surface area (Å²) in [5, 5.41) is 7.75. The van der Waals surface area contributed by atoms with Gasteiger partial charge in [-0.3, -0.25) is 9.59 Å². The van der Waals surface area contributed by atoms with Gasteiger partial charge < -0.3 is 10.6 Å². The molecule has 0 aliphatic rings. The molecule has 1 aromatic heterocycles. The lowest BCUT2D eigenvalue weighted by Gasteiger charge is -2.06. The predicted molar refractivity (Wildman–Crippen MR) is 73.0 cm³/mol. The summed E-state index contributed by atoms with van der Waals surface area (Å²) < 4.78 is 0. The Kier molecular flexibility index (Phi) is 3.74. The van der Waals surface area contributed by atoms with Crippen LogP contribution in [-0.4, -0.2) is 11.8 Å². The van der Waals surface area contributed by atoms with Crippen LogP contribution in [0.3, 0.4) is 0 Å². The van der Waals surface area contributed by atoms with Crippen molar-refractivity contribution >= 4 is 33.8 Å². The predicted octanol–water partition coefficient (Wildman–Crippen LogP) is 2.96. The maximum absolute atomic E-state index is 12.0. The number of rotatable bonds is 3. The number of thiophene rings is 1. The van der Waals surface area contributed by atoms with Gasteiger partial charge >= 0.3 is 0 Å². The van der Waals surface area contributed by atoms with Gasteiger partial charge in [-0.15, -0.1) is 11.3 Å². The summed E-state index contributed by atoms with van der Waals surface area (Å²) in [4.78, 5) is 23.0. The number of carbonyl (C=O) groups is 2. The molecule has 5 heteroatoms. The van der Waals surface area contributed by atoms with Gasteiger partial charge in [0.2, 0.25) is 5.91 Å². The summed E-state index contributed by atoms with van der Waals surface area (Å²) in [6.07, 6.45) is 0. The lowest BCUT2D eigenvalue weighted by molar-refractivity contribution is -0.114. The Morgan fingerprint density at radius 1 is 1.06 bits per heavy atom. The Labute approximate surface area is 109 Å². The second kappa shape index (κ2) is 5.46. The average Bonchev–Trinajstić information content (AvgIpc) is 2.77. The molecule has 0 unspecified atom stereocenters. The molecule has 2 amide bonds. The molecule has 0 atom stereocenters. The number of carbonyl (C=O) groups excluding carboxylic acids is 2. The molecule has 0 aliphatic heterocycles. The molecule has 2 rings (SSSR count). The lowest BCUT2D eigenvalue weighted by Crippen LogP contribution is -2.14. The molecule has 0 aliphatic carbocycles. The zero-order valence-corrected chi connectivity index (χ0v) is 10.6. The molecule has 0 saturated heterocycles. The molecule has 0 spiro atoms. The van der Waals surface area contributed by atoms with E-state index in [0.29, 0.717) is 10.6 Å². The minimum atomic E-state index is -0.230. The van der Waals surface area contributed by atoms with Gasteiger partial charge in [0.1, 0.15) is 5.00 Å². The van der Waals surface area contributed by atoms with E-state index in [1.54, 1.807) is 11.4 Å². The number of hydrogen-bond acceptors (Lipinski definition) is 3. The highest BCUT2D eigenvalue weighted by Gasteiger charge is 2.13. The number of amides is 2. The number of anilines is 2. The minimum absolute atomic E-state index is 0.189. The fourth-order valence-corrected chi connectivity index (χ4v) is 2.30. The van der Waals surface area contributed by atoms with Gasteiger partial charge in [-0.25, -0.2) is 0 Å². The van der Waals surface area contributed by atoms with Crippen molar-refractivity contribution in [2.75, 3.05) is 10.6 Å². The summed E-state index contributed by atoms with van der Waals surface area (Å²) in [6.45, 7) is 1.42. The fraction of sp³-hybridized carbons (Fsp3) is 0.0769. The SMILES string of the molecule is CC(=O)Nc1sccc1C(=O)Nc1ccccc1. The minimum Gasteiger partial charge on any atom is -0.322 e. The van der Waals surface area contributed by atoms with Crippen LogP contribution in [0.25, 0.3) is 0 Å². The number of hydrogen-bond donors (Lipinski definition) is 2. The first kappa shape index (κ1) is 12.3. The molecule has 0 saturated carbocycles. The number of para-hydroxylation sites is 1. The molecule has 0 radical (unpaired) electrons. The van der Waals surface area contributed by atoms with Crippen molar-refractivity contribution in [3.05, 3.63) is 47.3 Å². The summed E-state index contributed by atoms with van der Waals surface area (Å²) >= 11 is 1.32. The monoisotopic (exact) mass is 260 g/mol. The van der Waals surface area contributed by atoms with Gasteiger partial charge in [0, 0.05) is 12.6 Å². The highest BCUT2D eigenvalue weighted by molar-refractivity contribution is 7.14. The van der Waals surface area contributed by atoms with Crippen molar-refractivity contribution in [3.63, 3.8) is 0 Å². The fourth-order valence-electron chi connectivity index (χ4n) is 1.46. The molecule has 1 heterocycles. The zero-order valence-electron chi connectivity index (χ0n) is 9.77. The van der Waals surface area contributed by atoms with E-state index in [2.05, 4.69) is 10.6 Å². The molecule has 1 aromatic carbocycles. The molecule has 0 bridgehead atoms. The molecule has 92 valence electrons. The molecular formula is C13H12N2O2S. The summed E-state index contributed by atoms with van der Waals surface area (Å²) in [6, 6.07) is 10.9. The Morgan fingerprint density at radius 3 is 2.44 bits per heavy atom. The van der Waals surface area contributed by atoms with Crippen LogP contribution in [0, 0.1) is 0 Å². The average molecular weight is 260 g/mol. The van der Waals surface area contributed by atoms with E-state index in [0.717, 1.165) is 5.69 Å². The maximum atomic E-state index is 12.0. The van der Waals surface area contributed by atoms with Crippen LogP contribution in [0.5, 0.6) is 0 Å². The normalized spacial score (nSPS) is 9.83. The Balaban J connectivity index is 2.14.